The molecule has 3 aromatic rings. The number of anilines is 1. The van der Waals surface area contributed by atoms with E-state index in [2.05, 4.69) is 10.1 Å². The van der Waals surface area contributed by atoms with E-state index in [1.54, 1.807) is 30.6 Å². The molecule has 0 aliphatic heterocycles. The molecule has 0 bridgehead atoms. The molecule has 0 radical (unpaired) electrons. The van der Waals surface area contributed by atoms with Gasteiger partial charge in [-0.3, -0.25) is 9.78 Å². The van der Waals surface area contributed by atoms with Gasteiger partial charge in [-0.15, -0.1) is 0 Å². The van der Waals surface area contributed by atoms with Crippen LogP contribution in [-0.4, -0.2) is 14.7 Å². The highest BCUT2D eigenvalue weighted by Crippen LogP contribution is 2.27. The molecular formula is C16H15ClN4O2. The number of rotatable bonds is 3. The van der Waals surface area contributed by atoms with Gasteiger partial charge in [0.05, 0.1) is 28.6 Å². The van der Waals surface area contributed by atoms with Crippen molar-refractivity contribution in [2.75, 3.05) is 5.73 Å². The highest BCUT2D eigenvalue weighted by atomic mass is 35.5. The van der Waals surface area contributed by atoms with Gasteiger partial charge in [0.1, 0.15) is 5.76 Å². The molecule has 6 nitrogen and oxygen atoms in total. The summed E-state index contributed by atoms with van der Waals surface area (Å²) in [6.07, 6.45) is 3.35. The average molecular weight is 331 g/mol. The first kappa shape index (κ1) is 15.3. The topological polar surface area (TPSA) is 86.9 Å². The zero-order chi connectivity index (χ0) is 16.6. The monoisotopic (exact) mass is 330 g/mol. The fourth-order valence-electron chi connectivity index (χ4n) is 2.50. The van der Waals surface area contributed by atoms with Crippen LogP contribution in [0.3, 0.4) is 0 Å². The number of aryl methyl sites for hydroxylation is 2. The Labute approximate surface area is 137 Å². The van der Waals surface area contributed by atoms with Crippen molar-refractivity contribution in [3.63, 3.8) is 0 Å². The third kappa shape index (κ3) is 2.85. The van der Waals surface area contributed by atoms with E-state index in [9.17, 15) is 4.79 Å². The smallest absolute Gasteiger partial charge is 0.274 e. The number of nitrogens with zero attached hydrogens (tertiary/aromatic N) is 3. The van der Waals surface area contributed by atoms with Crippen molar-refractivity contribution in [3.05, 3.63) is 63.1 Å². The Morgan fingerprint density at radius 1 is 1.39 bits per heavy atom. The number of hydrogen-bond donors (Lipinski definition) is 1. The first-order chi connectivity index (χ1) is 11.0. The Morgan fingerprint density at radius 3 is 2.83 bits per heavy atom. The Hall–Kier alpha value is -2.60. The van der Waals surface area contributed by atoms with Crippen LogP contribution in [-0.2, 0) is 6.54 Å². The molecule has 3 heterocycles. The molecule has 2 N–H and O–H groups in total. The van der Waals surface area contributed by atoms with Gasteiger partial charge in [0.15, 0.2) is 0 Å². The van der Waals surface area contributed by atoms with E-state index in [0.29, 0.717) is 16.5 Å². The van der Waals surface area contributed by atoms with Crippen LogP contribution < -0.4 is 11.3 Å². The maximum atomic E-state index is 12.3. The number of halogens is 1. The molecule has 0 amide bonds. The second-order valence-corrected chi connectivity index (χ2v) is 5.66. The highest BCUT2D eigenvalue weighted by molar-refractivity contribution is 6.31. The summed E-state index contributed by atoms with van der Waals surface area (Å²) in [4.78, 5) is 16.5. The lowest BCUT2D eigenvalue weighted by Crippen LogP contribution is -2.23. The number of aromatic nitrogens is 3. The van der Waals surface area contributed by atoms with Crippen LogP contribution in [0, 0.1) is 13.8 Å². The molecule has 0 fully saturated rings. The summed E-state index contributed by atoms with van der Waals surface area (Å²) in [7, 11) is 0. The van der Waals surface area contributed by atoms with Gasteiger partial charge >= 0.3 is 0 Å². The maximum Gasteiger partial charge on any atom is 0.274 e. The quantitative estimate of drug-likeness (QED) is 0.798. The van der Waals surface area contributed by atoms with E-state index < -0.39 is 0 Å². The Kier molecular flexibility index (Phi) is 3.92. The third-order valence-corrected chi connectivity index (χ3v) is 3.93. The van der Waals surface area contributed by atoms with E-state index in [1.807, 2.05) is 13.8 Å². The Balaban J connectivity index is 2.12. The summed E-state index contributed by atoms with van der Waals surface area (Å²) in [5.74, 6) is 0.669. The lowest BCUT2D eigenvalue weighted by molar-refractivity contribution is 0.393. The van der Waals surface area contributed by atoms with Gasteiger partial charge in [-0.05, 0) is 32.0 Å². The number of pyridine rings is 2. The first-order valence-electron chi connectivity index (χ1n) is 7.00. The van der Waals surface area contributed by atoms with E-state index in [-0.39, 0.29) is 17.8 Å². The van der Waals surface area contributed by atoms with E-state index >= 15 is 0 Å². The standard InChI is InChI=1S/C16H15ClN4O2/c1-9-15(10(2)23-20-9)11-6-13(18)16(22)21(7-11)8-14-12(17)4-3-5-19-14/h3-7H,8,18H2,1-2H3. The van der Waals surface area contributed by atoms with E-state index in [0.717, 1.165) is 16.8 Å². The summed E-state index contributed by atoms with van der Waals surface area (Å²) in [5.41, 5.74) is 8.68. The fraction of sp³-hybridized carbons (Fsp3) is 0.188. The van der Waals surface area contributed by atoms with Crippen LogP contribution in [0.5, 0.6) is 0 Å². The lowest BCUT2D eigenvalue weighted by atomic mass is 10.1. The molecule has 0 aliphatic rings. The van der Waals surface area contributed by atoms with Gasteiger partial charge in [-0.25, -0.2) is 0 Å². The van der Waals surface area contributed by atoms with Crippen molar-refractivity contribution >= 4 is 17.3 Å². The molecule has 0 aromatic carbocycles. The Morgan fingerprint density at radius 2 is 2.17 bits per heavy atom. The van der Waals surface area contributed by atoms with Gasteiger partial charge in [-0.2, -0.15) is 0 Å². The zero-order valence-electron chi connectivity index (χ0n) is 12.7. The fourth-order valence-corrected chi connectivity index (χ4v) is 2.69. The lowest BCUT2D eigenvalue weighted by Gasteiger charge is -2.10. The molecule has 0 unspecified atom stereocenters. The molecule has 3 aromatic heterocycles. The largest absolute Gasteiger partial charge is 0.394 e. The Bertz CT molecular complexity index is 911. The summed E-state index contributed by atoms with van der Waals surface area (Å²) in [6, 6.07) is 5.10. The average Bonchev–Trinajstić information content (AvgIpc) is 2.85. The molecule has 0 saturated heterocycles. The minimum atomic E-state index is -0.290. The minimum Gasteiger partial charge on any atom is -0.394 e. The van der Waals surface area contributed by atoms with Gasteiger partial charge in [0, 0.05) is 23.5 Å². The van der Waals surface area contributed by atoms with E-state index in [1.165, 1.54) is 4.57 Å². The second-order valence-electron chi connectivity index (χ2n) is 5.25. The molecule has 0 aliphatic carbocycles. The van der Waals surface area contributed by atoms with Gasteiger partial charge < -0.3 is 14.8 Å². The van der Waals surface area contributed by atoms with Crippen molar-refractivity contribution in [1.29, 1.82) is 0 Å². The minimum absolute atomic E-state index is 0.148. The molecule has 7 heteroatoms. The van der Waals surface area contributed by atoms with Crippen molar-refractivity contribution in [3.8, 4) is 11.1 Å². The predicted octanol–water partition coefficient (Wildman–Crippen LogP) is 2.80. The SMILES string of the molecule is Cc1noc(C)c1-c1cc(N)c(=O)n(Cc2ncccc2Cl)c1. The molecular weight excluding hydrogens is 316 g/mol. The van der Waals surface area contributed by atoms with Crippen molar-refractivity contribution < 1.29 is 4.52 Å². The van der Waals surface area contributed by atoms with Crippen LogP contribution in [0.15, 0.2) is 39.9 Å². The molecule has 0 saturated carbocycles. The van der Waals surface area contributed by atoms with Crippen LogP contribution in [0.25, 0.3) is 11.1 Å². The van der Waals surface area contributed by atoms with Gasteiger partial charge in [0.25, 0.3) is 5.56 Å². The summed E-state index contributed by atoms with van der Waals surface area (Å²) in [6.45, 7) is 3.89. The molecule has 0 spiro atoms. The van der Waals surface area contributed by atoms with E-state index in [4.69, 9.17) is 21.9 Å². The molecule has 0 atom stereocenters. The number of hydrogen-bond acceptors (Lipinski definition) is 5. The van der Waals surface area contributed by atoms with Crippen LogP contribution in [0.1, 0.15) is 17.1 Å². The second kappa shape index (κ2) is 5.89. The van der Waals surface area contributed by atoms with Crippen molar-refractivity contribution in [2.24, 2.45) is 0 Å². The number of nitrogens with two attached hydrogens (primary N) is 1. The normalized spacial score (nSPS) is 10.9. The van der Waals surface area contributed by atoms with Crippen molar-refractivity contribution in [1.82, 2.24) is 14.7 Å². The van der Waals surface area contributed by atoms with Crippen LogP contribution in [0.2, 0.25) is 5.02 Å². The molecule has 23 heavy (non-hydrogen) atoms. The summed E-state index contributed by atoms with van der Waals surface area (Å²) >= 11 is 6.12. The van der Waals surface area contributed by atoms with Gasteiger partial charge in [0.2, 0.25) is 0 Å². The predicted molar refractivity (Wildman–Crippen MR) is 88.4 cm³/mol. The maximum absolute atomic E-state index is 12.3. The first-order valence-corrected chi connectivity index (χ1v) is 7.37. The van der Waals surface area contributed by atoms with Gasteiger partial charge in [-0.1, -0.05) is 16.8 Å². The van der Waals surface area contributed by atoms with Crippen molar-refractivity contribution in [2.45, 2.75) is 20.4 Å². The zero-order valence-corrected chi connectivity index (χ0v) is 13.5. The van der Waals surface area contributed by atoms with Crippen LogP contribution >= 0.6 is 11.6 Å². The summed E-state index contributed by atoms with van der Waals surface area (Å²) < 4.78 is 6.68. The highest BCUT2D eigenvalue weighted by Gasteiger charge is 2.15. The molecule has 118 valence electrons. The third-order valence-electron chi connectivity index (χ3n) is 3.59. The molecule has 3 rings (SSSR count). The number of nitrogen functional groups attached to an aromatic ring is 1. The summed E-state index contributed by atoms with van der Waals surface area (Å²) in [5, 5.41) is 4.44. The van der Waals surface area contributed by atoms with Crippen LogP contribution in [0.4, 0.5) is 5.69 Å².